The van der Waals surface area contributed by atoms with Gasteiger partial charge in [-0.3, -0.25) is 9.69 Å². The monoisotopic (exact) mass is 298 g/mol. The van der Waals surface area contributed by atoms with Gasteiger partial charge >= 0.3 is 0 Å². The van der Waals surface area contributed by atoms with Crippen LogP contribution in [0.2, 0.25) is 0 Å². The zero-order valence-corrected chi connectivity index (χ0v) is 12.5. The van der Waals surface area contributed by atoms with Gasteiger partial charge in [-0.25, -0.2) is 9.67 Å². The minimum absolute atomic E-state index is 0.00792. The molecule has 0 saturated carbocycles. The summed E-state index contributed by atoms with van der Waals surface area (Å²) in [5, 5.41) is 14.7. The number of carbonyl (C=O) groups excluding carboxylic acids is 1. The van der Waals surface area contributed by atoms with Crippen LogP contribution in [-0.2, 0) is 17.6 Å². The fourth-order valence-corrected chi connectivity index (χ4v) is 3.24. The second-order valence-corrected chi connectivity index (χ2v) is 5.54. The number of thiazole rings is 1. The van der Waals surface area contributed by atoms with E-state index in [0.717, 1.165) is 16.0 Å². The Kier molecular flexibility index (Phi) is 4.48. The first-order valence-electron chi connectivity index (χ1n) is 5.69. The number of rotatable bonds is 5. The highest BCUT2D eigenvalue weighted by Gasteiger charge is 2.14. The molecule has 0 spiro atoms. The van der Waals surface area contributed by atoms with E-state index in [9.17, 15) is 4.79 Å². The van der Waals surface area contributed by atoms with E-state index in [1.54, 1.807) is 23.6 Å². The molecule has 2 rings (SSSR count). The van der Waals surface area contributed by atoms with Gasteiger partial charge in [0.1, 0.15) is 0 Å². The van der Waals surface area contributed by atoms with Crippen molar-refractivity contribution in [1.29, 1.82) is 0 Å². The number of anilines is 1. The van der Waals surface area contributed by atoms with Crippen molar-refractivity contribution in [3.8, 4) is 0 Å². The van der Waals surface area contributed by atoms with E-state index < -0.39 is 0 Å². The van der Waals surface area contributed by atoms with Crippen LogP contribution < -0.4 is 4.90 Å². The van der Waals surface area contributed by atoms with Gasteiger partial charge in [-0.05, 0) is 17.4 Å². The average Bonchev–Trinajstić information content (AvgIpc) is 2.97. The van der Waals surface area contributed by atoms with Gasteiger partial charge in [-0.15, -0.1) is 16.4 Å². The molecule has 0 radical (unpaired) electrons. The fraction of sp³-hybridized carbons (Fsp3) is 0.500. The van der Waals surface area contributed by atoms with Crippen molar-refractivity contribution < 1.29 is 4.79 Å². The molecule has 0 atom stereocenters. The van der Waals surface area contributed by atoms with Crippen LogP contribution in [0, 0.1) is 0 Å². The Hall–Kier alpha value is -1.48. The molecule has 7 nitrogen and oxygen atoms in total. The third kappa shape index (κ3) is 3.29. The lowest BCUT2D eigenvalue weighted by molar-refractivity contribution is -0.116. The molecule has 0 aliphatic carbocycles. The summed E-state index contributed by atoms with van der Waals surface area (Å²) in [4.78, 5) is 17.5. The Morgan fingerprint density at radius 1 is 1.58 bits per heavy atom. The Morgan fingerprint density at radius 2 is 2.37 bits per heavy atom. The van der Waals surface area contributed by atoms with Crippen molar-refractivity contribution in [3.63, 3.8) is 0 Å². The summed E-state index contributed by atoms with van der Waals surface area (Å²) in [6.07, 6.45) is 0. The van der Waals surface area contributed by atoms with Crippen LogP contribution in [0.1, 0.15) is 19.5 Å². The number of amides is 1. The zero-order valence-electron chi connectivity index (χ0n) is 10.9. The van der Waals surface area contributed by atoms with Crippen LogP contribution in [0.5, 0.6) is 0 Å². The molecule has 0 unspecified atom stereocenters. The van der Waals surface area contributed by atoms with E-state index >= 15 is 0 Å². The van der Waals surface area contributed by atoms with Crippen LogP contribution in [0.4, 0.5) is 5.13 Å². The number of tetrazole rings is 1. The van der Waals surface area contributed by atoms with Crippen molar-refractivity contribution in [2.45, 2.75) is 24.8 Å². The molecule has 2 aromatic rings. The summed E-state index contributed by atoms with van der Waals surface area (Å²) < 4.78 is 1.62. The molecule has 1 amide bonds. The highest BCUT2D eigenvalue weighted by atomic mass is 32.2. The minimum atomic E-state index is 0.00792. The van der Waals surface area contributed by atoms with Crippen LogP contribution in [0.3, 0.4) is 0 Å². The van der Waals surface area contributed by atoms with E-state index in [-0.39, 0.29) is 5.91 Å². The SMILES string of the molecule is CCN(C(C)=O)c1nc(CSc2nnnn2C)cs1. The summed E-state index contributed by atoms with van der Waals surface area (Å²) >= 11 is 2.99. The molecule has 19 heavy (non-hydrogen) atoms. The topological polar surface area (TPSA) is 76.8 Å². The van der Waals surface area contributed by atoms with Crippen LogP contribution in [0.25, 0.3) is 0 Å². The third-order valence-electron chi connectivity index (χ3n) is 2.40. The molecule has 0 fully saturated rings. The molecular formula is C10H14N6OS2. The maximum Gasteiger partial charge on any atom is 0.225 e. The Morgan fingerprint density at radius 3 is 2.95 bits per heavy atom. The van der Waals surface area contributed by atoms with Crippen molar-refractivity contribution in [3.05, 3.63) is 11.1 Å². The van der Waals surface area contributed by atoms with Gasteiger partial charge in [0.05, 0.1) is 5.69 Å². The number of aromatic nitrogens is 5. The van der Waals surface area contributed by atoms with E-state index in [2.05, 4.69) is 20.5 Å². The van der Waals surface area contributed by atoms with Crippen LogP contribution in [-0.4, -0.2) is 37.6 Å². The number of nitrogens with zero attached hydrogens (tertiary/aromatic N) is 6. The largest absolute Gasteiger partial charge is 0.289 e. The molecule has 0 aliphatic heterocycles. The van der Waals surface area contributed by atoms with Crippen molar-refractivity contribution in [2.24, 2.45) is 7.05 Å². The molecule has 2 heterocycles. The predicted octanol–water partition coefficient (Wildman–Crippen LogP) is 1.33. The number of aryl methyl sites for hydroxylation is 1. The van der Waals surface area contributed by atoms with E-state index in [4.69, 9.17) is 0 Å². The summed E-state index contributed by atoms with van der Waals surface area (Å²) in [6.45, 7) is 4.11. The van der Waals surface area contributed by atoms with Crippen LogP contribution in [0.15, 0.2) is 10.5 Å². The first-order valence-corrected chi connectivity index (χ1v) is 7.56. The zero-order chi connectivity index (χ0) is 13.8. The molecule has 0 aromatic carbocycles. The summed E-state index contributed by atoms with van der Waals surface area (Å²) in [7, 11) is 1.80. The van der Waals surface area contributed by atoms with Crippen molar-refractivity contribution in [2.75, 3.05) is 11.4 Å². The van der Waals surface area contributed by atoms with Gasteiger partial charge in [0.15, 0.2) is 5.13 Å². The number of carbonyl (C=O) groups is 1. The fourth-order valence-electron chi connectivity index (χ4n) is 1.46. The molecule has 102 valence electrons. The van der Waals surface area contributed by atoms with Crippen molar-refractivity contribution in [1.82, 2.24) is 25.2 Å². The molecular weight excluding hydrogens is 284 g/mol. The molecule has 2 aromatic heterocycles. The standard InChI is InChI=1S/C10H14N6OS2/c1-4-16(7(2)17)9-11-8(5-18-9)6-19-10-12-13-14-15(10)3/h5H,4,6H2,1-3H3. The highest BCUT2D eigenvalue weighted by molar-refractivity contribution is 7.98. The summed E-state index contributed by atoms with van der Waals surface area (Å²) in [5.74, 6) is 0.689. The third-order valence-corrected chi connectivity index (χ3v) is 4.35. The Balaban J connectivity index is 2.01. The smallest absolute Gasteiger partial charge is 0.225 e. The Bertz CT molecular complexity index is 566. The lowest BCUT2D eigenvalue weighted by atomic mass is 10.5. The molecule has 9 heteroatoms. The second-order valence-electron chi connectivity index (χ2n) is 3.76. The van der Waals surface area contributed by atoms with E-state index in [1.165, 1.54) is 23.1 Å². The highest BCUT2D eigenvalue weighted by Crippen LogP contribution is 2.25. The van der Waals surface area contributed by atoms with Gasteiger partial charge in [-0.2, -0.15) is 0 Å². The normalized spacial score (nSPS) is 10.7. The predicted molar refractivity (Wildman–Crippen MR) is 74.2 cm³/mol. The summed E-state index contributed by atoms with van der Waals surface area (Å²) in [6, 6.07) is 0. The van der Waals surface area contributed by atoms with Gasteiger partial charge in [0.2, 0.25) is 11.1 Å². The quantitative estimate of drug-likeness (QED) is 0.775. The van der Waals surface area contributed by atoms with Gasteiger partial charge in [0, 0.05) is 31.6 Å². The van der Waals surface area contributed by atoms with Crippen molar-refractivity contribution >= 4 is 34.1 Å². The Labute approximate surface area is 119 Å². The number of hydrogen-bond acceptors (Lipinski definition) is 7. The van der Waals surface area contributed by atoms with E-state index in [0.29, 0.717) is 12.3 Å². The number of thioether (sulfide) groups is 1. The number of hydrogen-bond donors (Lipinski definition) is 0. The molecule has 0 N–H and O–H groups in total. The molecule has 0 bridgehead atoms. The second kappa shape index (κ2) is 6.11. The first kappa shape index (κ1) is 13.9. The van der Waals surface area contributed by atoms with Gasteiger partial charge < -0.3 is 0 Å². The molecule has 0 saturated heterocycles. The maximum absolute atomic E-state index is 11.4. The first-order chi connectivity index (χ1) is 9.11. The lowest BCUT2D eigenvalue weighted by Gasteiger charge is -2.14. The minimum Gasteiger partial charge on any atom is -0.289 e. The van der Waals surface area contributed by atoms with Gasteiger partial charge in [0.25, 0.3) is 0 Å². The van der Waals surface area contributed by atoms with E-state index in [1.807, 2.05) is 12.3 Å². The van der Waals surface area contributed by atoms with Gasteiger partial charge in [-0.1, -0.05) is 11.8 Å². The average molecular weight is 298 g/mol. The van der Waals surface area contributed by atoms with Crippen LogP contribution >= 0.6 is 23.1 Å². The molecule has 0 aliphatic rings. The summed E-state index contributed by atoms with van der Waals surface area (Å²) in [5.41, 5.74) is 0.924. The maximum atomic E-state index is 11.4. The lowest BCUT2D eigenvalue weighted by Crippen LogP contribution is -2.27.